The van der Waals surface area contributed by atoms with E-state index < -0.39 is 24.0 Å². The predicted molar refractivity (Wildman–Crippen MR) is 149 cm³/mol. The van der Waals surface area contributed by atoms with Gasteiger partial charge in [0.05, 0.1) is 0 Å². The number of benzene rings is 2. The van der Waals surface area contributed by atoms with Gasteiger partial charge in [0.1, 0.15) is 25.3 Å². The summed E-state index contributed by atoms with van der Waals surface area (Å²) in [5.41, 5.74) is 6.94. The van der Waals surface area contributed by atoms with Crippen molar-refractivity contribution in [3.05, 3.63) is 71.8 Å². The van der Waals surface area contributed by atoms with E-state index in [-0.39, 0.29) is 25.2 Å². The molecule has 12 nitrogen and oxygen atoms in total. The van der Waals surface area contributed by atoms with E-state index in [9.17, 15) is 9.59 Å². The Bertz CT molecular complexity index is 922. The molecule has 0 saturated heterocycles. The second-order valence-corrected chi connectivity index (χ2v) is 9.49. The van der Waals surface area contributed by atoms with E-state index in [2.05, 4.69) is 10.9 Å². The number of esters is 2. The summed E-state index contributed by atoms with van der Waals surface area (Å²) >= 11 is 0. The van der Waals surface area contributed by atoms with Gasteiger partial charge in [0.2, 0.25) is 0 Å². The molecule has 0 aromatic heterocycles. The average Bonchev–Trinajstić information content (AvgIpc) is 2.93. The van der Waals surface area contributed by atoms with Crippen molar-refractivity contribution in [2.45, 2.75) is 65.8 Å². The van der Waals surface area contributed by atoms with Crippen LogP contribution in [0.5, 0.6) is 0 Å². The molecule has 0 saturated carbocycles. The maximum Gasteiger partial charge on any atom is 0.414 e. The van der Waals surface area contributed by atoms with Crippen LogP contribution >= 0.6 is 0 Å². The maximum atomic E-state index is 11.7. The Morgan fingerprint density at radius 2 is 0.950 bits per heavy atom. The molecule has 0 fully saturated rings. The minimum absolute atomic E-state index is 0.288. The lowest BCUT2D eigenvalue weighted by atomic mass is 10.0. The van der Waals surface area contributed by atoms with Crippen molar-refractivity contribution in [2.24, 2.45) is 23.5 Å². The van der Waals surface area contributed by atoms with Gasteiger partial charge >= 0.3 is 23.9 Å². The van der Waals surface area contributed by atoms with Crippen LogP contribution in [0.15, 0.2) is 60.7 Å². The first-order chi connectivity index (χ1) is 18.9. The van der Waals surface area contributed by atoms with Gasteiger partial charge in [0.15, 0.2) is 0 Å². The van der Waals surface area contributed by atoms with Crippen LogP contribution in [0.4, 0.5) is 0 Å². The molecular formula is C28H42N4O8. The fourth-order valence-corrected chi connectivity index (χ4v) is 3.07. The molecule has 0 bridgehead atoms. The molecule has 40 heavy (non-hydrogen) atoms. The summed E-state index contributed by atoms with van der Waals surface area (Å²) in [7, 11) is 0. The van der Waals surface area contributed by atoms with Crippen molar-refractivity contribution < 1.29 is 38.9 Å². The second kappa shape index (κ2) is 21.0. The lowest BCUT2D eigenvalue weighted by Gasteiger charge is -2.16. The number of hydrogen-bond donors (Lipinski definition) is 6. The number of hydrogen-bond acceptors (Lipinski definition) is 10. The standard InChI is InChI=1S/2C13H20N2O2.C2H2O4/c2*1-10(2)8-12(15-14)13(16)17-9-11-6-4-3-5-7-11;3-1(4)2(5)6/h2*3-7,10,12,15H,8-9,14H2,1-2H3;(H,3,4)(H,5,6)/t2*12-;/m00./s1. The van der Waals surface area contributed by atoms with Gasteiger partial charge in [0.25, 0.3) is 0 Å². The normalized spacial score (nSPS) is 11.7. The summed E-state index contributed by atoms with van der Waals surface area (Å²) in [6.07, 6.45) is 1.34. The fourth-order valence-electron chi connectivity index (χ4n) is 3.07. The lowest BCUT2D eigenvalue weighted by molar-refractivity contribution is -0.159. The Labute approximate surface area is 235 Å². The fraction of sp³-hybridized carbons (Fsp3) is 0.429. The largest absolute Gasteiger partial charge is 0.473 e. The predicted octanol–water partition coefficient (Wildman–Crippen LogP) is 2.37. The Hall–Kier alpha value is -3.84. The van der Waals surface area contributed by atoms with E-state index in [1.165, 1.54) is 0 Å². The van der Waals surface area contributed by atoms with Crippen molar-refractivity contribution in [3.63, 3.8) is 0 Å². The van der Waals surface area contributed by atoms with Gasteiger partial charge in [-0.1, -0.05) is 88.4 Å². The first-order valence-corrected chi connectivity index (χ1v) is 12.7. The van der Waals surface area contributed by atoms with Gasteiger partial charge in [0, 0.05) is 0 Å². The van der Waals surface area contributed by atoms with E-state index in [1.807, 2.05) is 88.4 Å². The van der Waals surface area contributed by atoms with E-state index in [4.69, 9.17) is 41.0 Å². The molecule has 0 spiro atoms. The number of nitrogens with one attached hydrogen (secondary N) is 2. The highest BCUT2D eigenvalue weighted by molar-refractivity contribution is 6.27. The SMILES string of the molecule is CC(C)C[C@H](NN)C(=O)OCc1ccccc1.CC(C)C[C@H](NN)C(=O)OCc1ccccc1.O=C(O)C(=O)O. The molecule has 8 N–H and O–H groups in total. The molecular weight excluding hydrogens is 520 g/mol. The highest BCUT2D eigenvalue weighted by atomic mass is 16.5. The van der Waals surface area contributed by atoms with Crippen LogP contribution < -0.4 is 22.5 Å². The number of nitrogens with two attached hydrogens (primary N) is 2. The molecule has 0 radical (unpaired) electrons. The van der Waals surface area contributed by atoms with E-state index in [0.717, 1.165) is 11.1 Å². The Morgan fingerprint density at radius 3 is 1.18 bits per heavy atom. The summed E-state index contributed by atoms with van der Waals surface area (Å²) < 4.78 is 10.4. The zero-order valence-corrected chi connectivity index (χ0v) is 23.4. The third-order valence-electron chi connectivity index (χ3n) is 5.02. The van der Waals surface area contributed by atoms with Crippen LogP contribution in [0.3, 0.4) is 0 Å². The first kappa shape index (κ1) is 36.2. The molecule has 0 unspecified atom stereocenters. The number of ether oxygens (including phenoxy) is 2. The van der Waals surface area contributed by atoms with Crippen LogP contribution in [0.1, 0.15) is 51.7 Å². The Balaban J connectivity index is 0.000000634. The Kier molecular flexibility index (Phi) is 19.0. The first-order valence-electron chi connectivity index (χ1n) is 12.7. The van der Waals surface area contributed by atoms with Crippen molar-refractivity contribution in [3.8, 4) is 0 Å². The molecule has 0 aliphatic rings. The third-order valence-corrected chi connectivity index (χ3v) is 5.02. The van der Waals surface area contributed by atoms with E-state index in [0.29, 0.717) is 24.7 Å². The highest BCUT2D eigenvalue weighted by Gasteiger charge is 2.20. The maximum absolute atomic E-state index is 11.7. The summed E-state index contributed by atoms with van der Waals surface area (Å²) in [6.45, 7) is 8.72. The van der Waals surface area contributed by atoms with Gasteiger partial charge in [-0.3, -0.25) is 21.3 Å². The average molecular weight is 563 g/mol. The second-order valence-electron chi connectivity index (χ2n) is 9.49. The minimum Gasteiger partial charge on any atom is -0.473 e. The number of carboxylic acid groups (broad SMARTS) is 2. The highest BCUT2D eigenvalue weighted by Crippen LogP contribution is 2.09. The zero-order chi connectivity index (χ0) is 30.5. The van der Waals surface area contributed by atoms with Gasteiger partial charge in [-0.05, 0) is 35.8 Å². The molecule has 2 aromatic carbocycles. The Morgan fingerprint density at radius 1 is 0.650 bits per heavy atom. The number of rotatable bonds is 12. The van der Waals surface area contributed by atoms with Crippen LogP contribution in [-0.2, 0) is 41.9 Å². The number of hydrazine groups is 2. The summed E-state index contributed by atoms with van der Waals surface area (Å²) in [5, 5.41) is 14.8. The molecule has 222 valence electrons. The van der Waals surface area contributed by atoms with Gasteiger partial charge in [-0.15, -0.1) is 0 Å². The smallest absolute Gasteiger partial charge is 0.414 e. The van der Waals surface area contributed by atoms with Crippen LogP contribution in [-0.4, -0.2) is 46.2 Å². The quantitative estimate of drug-likeness (QED) is 0.0955. The van der Waals surface area contributed by atoms with Crippen LogP contribution in [0.2, 0.25) is 0 Å². The van der Waals surface area contributed by atoms with Crippen molar-refractivity contribution in [1.29, 1.82) is 0 Å². The molecule has 0 heterocycles. The van der Waals surface area contributed by atoms with E-state index in [1.54, 1.807) is 0 Å². The molecule has 2 atom stereocenters. The summed E-state index contributed by atoms with van der Waals surface area (Å²) in [4.78, 5) is 41.6. The lowest BCUT2D eigenvalue weighted by Crippen LogP contribution is -2.43. The molecule has 0 aliphatic heterocycles. The van der Waals surface area contributed by atoms with Gasteiger partial charge in [-0.2, -0.15) is 0 Å². The third kappa shape index (κ3) is 17.6. The molecule has 2 aromatic rings. The van der Waals surface area contributed by atoms with Crippen molar-refractivity contribution in [1.82, 2.24) is 10.9 Å². The van der Waals surface area contributed by atoms with Crippen LogP contribution in [0, 0.1) is 11.8 Å². The van der Waals surface area contributed by atoms with Crippen molar-refractivity contribution in [2.75, 3.05) is 0 Å². The molecule has 12 heteroatoms. The van der Waals surface area contributed by atoms with Crippen LogP contribution in [0.25, 0.3) is 0 Å². The van der Waals surface area contributed by atoms with Crippen molar-refractivity contribution >= 4 is 23.9 Å². The molecule has 0 aliphatic carbocycles. The van der Waals surface area contributed by atoms with Gasteiger partial charge < -0.3 is 19.7 Å². The molecule has 2 rings (SSSR count). The monoisotopic (exact) mass is 562 g/mol. The number of carbonyl (C=O) groups is 4. The summed E-state index contributed by atoms with van der Waals surface area (Å²) in [6, 6.07) is 18.3. The van der Waals surface area contributed by atoms with Gasteiger partial charge in [-0.25, -0.2) is 20.4 Å². The number of carboxylic acids is 2. The minimum atomic E-state index is -1.82. The number of carbonyl (C=O) groups excluding carboxylic acids is 2. The topological polar surface area (TPSA) is 203 Å². The van der Waals surface area contributed by atoms with E-state index >= 15 is 0 Å². The zero-order valence-electron chi connectivity index (χ0n) is 23.4. The molecule has 0 amide bonds. The summed E-state index contributed by atoms with van der Waals surface area (Å²) in [5.74, 6) is 7.21. The number of aliphatic carboxylic acids is 2.